The highest BCUT2D eigenvalue weighted by atomic mass is 16.1. The summed E-state index contributed by atoms with van der Waals surface area (Å²) >= 11 is 0. The lowest BCUT2D eigenvalue weighted by Gasteiger charge is -2.33. The van der Waals surface area contributed by atoms with E-state index in [-0.39, 0.29) is 11.7 Å². The maximum absolute atomic E-state index is 13.0. The Balaban J connectivity index is 1.09. The second-order valence-electron chi connectivity index (χ2n) is 11.4. The lowest BCUT2D eigenvalue weighted by atomic mass is 9.87. The van der Waals surface area contributed by atoms with E-state index in [4.69, 9.17) is 9.97 Å². The molecule has 8 heteroatoms. The van der Waals surface area contributed by atoms with E-state index in [1.807, 2.05) is 59.2 Å². The van der Waals surface area contributed by atoms with Crippen LogP contribution in [0.5, 0.6) is 0 Å². The van der Waals surface area contributed by atoms with Crippen molar-refractivity contribution in [1.82, 2.24) is 34.8 Å². The Morgan fingerprint density at radius 2 is 1.53 bits per heavy atom. The van der Waals surface area contributed by atoms with E-state index in [0.29, 0.717) is 5.92 Å². The van der Waals surface area contributed by atoms with E-state index in [0.717, 1.165) is 88.0 Å². The van der Waals surface area contributed by atoms with Gasteiger partial charge in [0.25, 0.3) is 0 Å². The van der Waals surface area contributed by atoms with Crippen molar-refractivity contribution in [1.29, 1.82) is 0 Å². The molecule has 0 aliphatic carbocycles. The molecule has 43 heavy (non-hydrogen) atoms. The van der Waals surface area contributed by atoms with Crippen LogP contribution in [0.25, 0.3) is 55.6 Å². The molecular formula is C35H31N7O. The quantitative estimate of drug-likeness (QED) is 0.221. The van der Waals surface area contributed by atoms with Crippen molar-refractivity contribution in [2.45, 2.75) is 25.3 Å². The number of nitrogens with zero attached hydrogens (tertiary/aromatic N) is 4. The summed E-state index contributed by atoms with van der Waals surface area (Å²) in [7, 11) is 0. The number of nitrogens with one attached hydrogen (secondary N) is 3. The van der Waals surface area contributed by atoms with Crippen LogP contribution in [-0.2, 0) is 6.42 Å². The van der Waals surface area contributed by atoms with E-state index < -0.39 is 0 Å². The van der Waals surface area contributed by atoms with Gasteiger partial charge in [0.2, 0.25) is 0 Å². The van der Waals surface area contributed by atoms with Gasteiger partial charge in [-0.1, -0.05) is 66.7 Å². The molecule has 8 rings (SSSR count). The van der Waals surface area contributed by atoms with Crippen molar-refractivity contribution in [2.24, 2.45) is 5.92 Å². The standard InChI is InChI=1S/C35H31N7O/c43-35-41-26-8-4-5-9-32(26)42(35)31-16-17-36-20-25(31)15-12-22-10-13-24(14-11-22)34-33(23-6-2-1-3-7-23)39-29-18-27-28(38-21-37-27)19-30(29)40-34/h1-11,13-14,18-19,21,25,31,36H,12,15-17,20H2,(H,37,38)(H,41,43). The Morgan fingerprint density at radius 3 is 2.37 bits per heavy atom. The van der Waals surface area contributed by atoms with Gasteiger partial charge in [-0.15, -0.1) is 0 Å². The number of fused-ring (bicyclic) bond motifs is 3. The third kappa shape index (κ3) is 4.70. The summed E-state index contributed by atoms with van der Waals surface area (Å²) in [6, 6.07) is 31.1. The molecule has 2 atom stereocenters. The highest BCUT2D eigenvalue weighted by Crippen LogP contribution is 2.33. The first kappa shape index (κ1) is 25.6. The van der Waals surface area contributed by atoms with Crippen LogP contribution in [0.15, 0.2) is 102 Å². The zero-order valence-corrected chi connectivity index (χ0v) is 23.6. The van der Waals surface area contributed by atoms with Crippen molar-refractivity contribution >= 4 is 33.1 Å². The van der Waals surface area contributed by atoms with Gasteiger partial charge >= 0.3 is 5.69 Å². The molecule has 1 saturated heterocycles. The van der Waals surface area contributed by atoms with Gasteiger partial charge in [-0.05, 0) is 68.1 Å². The molecule has 1 aliphatic heterocycles. The number of rotatable bonds is 6. The zero-order valence-electron chi connectivity index (χ0n) is 23.6. The van der Waals surface area contributed by atoms with Gasteiger partial charge in [0.1, 0.15) is 0 Å². The Labute approximate surface area is 247 Å². The summed E-state index contributed by atoms with van der Waals surface area (Å²) in [4.78, 5) is 33.8. The molecule has 212 valence electrons. The van der Waals surface area contributed by atoms with E-state index in [1.54, 1.807) is 6.33 Å². The lowest BCUT2D eigenvalue weighted by molar-refractivity contribution is 0.243. The number of hydrogen-bond donors (Lipinski definition) is 3. The van der Waals surface area contributed by atoms with Gasteiger partial charge in [-0.3, -0.25) is 4.57 Å². The molecule has 1 fully saturated rings. The number of benzene rings is 4. The van der Waals surface area contributed by atoms with E-state index in [2.05, 4.69) is 56.7 Å². The van der Waals surface area contributed by atoms with Crippen LogP contribution in [0.4, 0.5) is 0 Å². The predicted molar refractivity (Wildman–Crippen MR) is 171 cm³/mol. The first-order valence-electron chi connectivity index (χ1n) is 14.9. The van der Waals surface area contributed by atoms with Gasteiger partial charge in [0, 0.05) is 17.2 Å². The Morgan fingerprint density at radius 1 is 0.791 bits per heavy atom. The number of aromatic nitrogens is 6. The number of aromatic amines is 2. The third-order valence-corrected chi connectivity index (χ3v) is 8.81. The summed E-state index contributed by atoms with van der Waals surface area (Å²) in [6.07, 6.45) is 4.58. The minimum absolute atomic E-state index is 0.0126. The van der Waals surface area contributed by atoms with Crippen LogP contribution < -0.4 is 11.0 Å². The molecule has 2 unspecified atom stereocenters. The average Bonchev–Trinajstić information content (AvgIpc) is 3.65. The van der Waals surface area contributed by atoms with Crippen molar-refractivity contribution < 1.29 is 0 Å². The minimum atomic E-state index is -0.0126. The van der Waals surface area contributed by atoms with E-state index in [1.165, 1.54) is 5.56 Å². The fourth-order valence-corrected chi connectivity index (χ4v) is 6.61. The Bertz CT molecular complexity index is 2130. The monoisotopic (exact) mass is 565 g/mol. The van der Waals surface area contributed by atoms with Crippen LogP contribution in [0.1, 0.15) is 24.4 Å². The highest BCUT2D eigenvalue weighted by molar-refractivity contribution is 5.94. The molecule has 4 heterocycles. The Hall–Kier alpha value is -5.08. The van der Waals surface area contributed by atoms with E-state index >= 15 is 0 Å². The number of para-hydroxylation sites is 2. The number of imidazole rings is 2. The van der Waals surface area contributed by atoms with Gasteiger partial charge in [-0.2, -0.15) is 0 Å². The molecular weight excluding hydrogens is 534 g/mol. The molecule has 7 aromatic rings. The fourth-order valence-electron chi connectivity index (χ4n) is 6.61. The van der Waals surface area contributed by atoms with Crippen molar-refractivity contribution in [3.05, 3.63) is 113 Å². The molecule has 3 aromatic heterocycles. The molecule has 1 aliphatic rings. The van der Waals surface area contributed by atoms with Gasteiger partial charge in [-0.25, -0.2) is 19.7 Å². The lowest BCUT2D eigenvalue weighted by Crippen LogP contribution is -2.40. The first-order chi connectivity index (χ1) is 21.2. The zero-order chi connectivity index (χ0) is 28.8. The van der Waals surface area contributed by atoms with Gasteiger partial charge in [0.15, 0.2) is 0 Å². The molecule has 0 saturated carbocycles. The fraction of sp³-hybridized carbons (Fsp3) is 0.200. The smallest absolute Gasteiger partial charge is 0.326 e. The summed E-state index contributed by atoms with van der Waals surface area (Å²) in [5, 5.41) is 3.56. The SMILES string of the molecule is O=c1[nH]c2ccccc2n1C1CCNCC1CCc1ccc(-c2nc3cc4[nH]cnc4cc3nc2-c2ccccc2)cc1. The van der Waals surface area contributed by atoms with Crippen molar-refractivity contribution in [3.63, 3.8) is 0 Å². The number of hydrogen-bond acceptors (Lipinski definition) is 5. The largest absolute Gasteiger partial charge is 0.345 e. The van der Waals surface area contributed by atoms with Crippen LogP contribution in [0.2, 0.25) is 0 Å². The number of aryl methyl sites for hydroxylation is 1. The number of piperidine rings is 1. The summed E-state index contributed by atoms with van der Waals surface area (Å²) in [6.45, 7) is 1.83. The van der Waals surface area contributed by atoms with Crippen molar-refractivity contribution in [2.75, 3.05) is 13.1 Å². The summed E-state index contributed by atoms with van der Waals surface area (Å²) in [5.74, 6) is 0.362. The van der Waals surface area contributed by atoms with Crippen LogP contribution in [-0.4, -0.2) is 42.6 Å². The maximum Gasteiger partial charge on any atom is 0.326 e. The Kier molecular flexibility index (Phi) is 6.34. The maximum atomic E-state index is 13.0. The summed E-state index contributed by atoms with van der Waals surface area (Å²) in [5.41, 5.74) is 10.4. The third-order valence-electron chi connectivity index (χ3n) is 8.81. The molecule has 0 spiro atoms. The summed E-state index contributed by atoms with van der Waals surface area (Å²) < 4.78 is 1.99. The molecule has 3 N–H and O–H groups in total. The molecule has 0 amide bonds. The van der Waals surface area contributed by atoms with Gasteiger partial charge < -0.3 is 15.3 Å². The van der Waals surface area contributed by atoms with E-state index in [9.17, 15) is 4.79 Å². The molecule has 8 nitrogen and oxygen atoms in total. The van der Waals surface area contributed by atoms with Crippen LogP contribution in [0.3, 0.4) is 0 Å². The molecule has 0 radical (unpaired) electrons. The first-order valence-corrected chi connectivity index (χ1v) is 14.9. The van der Waals surface area contributed by atoms with Gasteiger partial charge in [0.05, 0.1) is 50.8 Å². The highest BCUT2D eigenvalue weighted by Gasteiger charge is 2.28. The number of H-pyrrole nitrogens is 2. The molecule has 0 bridgehead atoms. The van der Waals surface area contributed by atoms with Crippen LogP contribution >= 0.6 is 0 Å². The average molecular weight is 566 g/mol. The second kappa shape index (κ2) is 10.6. The predicted octanol–water partition coefficient (Wildman–Crippen LogP) is 6.27. The topological polar surface area (TPSA) is 104 Å². The minimum Gasteiger partial charge on any atom is -0.345 e. The normalized spacial score (nSPS) is 17.2. The van der Waals surface area contributed by atoms with Crippen LogP contribution in [0, 0.1) is 5.92 Å². The molecule has 4 aromatic carbocycles. The second-order valence-corrected chi connectivity index (χ2v) is 11.4. The van der Waals surface area contributed by atoms with Crippen molar-refractivity contribution in [3.8, 4) is 22.5 Å².